The van der Waals surface area contributed by atoms with Crippen molar-refractivity contribution in [1.82, 2.24) is 15.0 Å². The zero-order valence-electron chi connectivity index (χ0n) is 30.4. The molecular weight excluding hydrogens is 663 g/mol. The van der Waals surface area contributed by atoms with Crippen LogP contribution >= 0.6 is 0 Å². The summed E-state index contributed by atoms with van der Waals surface area (Å²) in [6.45, 7) is 9.24. The third-order valence-electron chi connectivity index (χ3n) is 11.8. The van der Waals surface area contributed by atoms with Crippen molar-refractivity contribution in [3.8, 4) is 67.4 Å². The molecule has 258 valence electrons. The minimum absolute atomic E-state index is 0.0632. The molecule has 2 aliphatic rings. The third-order valence-corrected chi connectivity index (χ3v) is 11.8. The van der Waals surface area contributed by atoms with E-state index in [0.29, 0.717) is 34.2 Å². The van der Waals surface area contributed by atoms with Crippen molar-refractivity contribution in [2.24, 2.45) is 0 Å². The quantitative estimate of drug-likeness (QED) is 0.183. The minimum atomic E-state index is -0.0632. The van der Waals surface area contributed by atoms with Crippen LogP contribution < -0.4 is 0 Å². The van der Waals surface area contributed by atoms with Gasteiger partial charge in [0, 0.05) is 28.0 Å². The summed E-state index contributed by atoms with van der Waals surface area (Å²) in [6.07, 6.45) is 0. The number of nitrogens with zero attached hydrogens (tertiary/aromatic N) is 3. The largest absolute Gasteiger partial charge is 0.434 e. The highest BCUT2D eigenvalue weighted by atomic mass is 16.4. The molecule has 0 fully saturated rings. The molecule has 5 nitrogen and oxygen atoms in total. The van der Waals surface area contributed by atoms with E-state index in [1.807, 2.05) is 18.2 Å². The van der Waals surface area contributed by atoms with E-state index in [1.165, 1.54) is 44.5 Å². The van der Waals surface area contributed by atoms with Gasteiger partial charge in [-0.05, 0) is 103 Å². The number of hydrogen-bond donors (Lipinski definition) is 0. The molecule has 3 heterocycles. The van der Waals surface area contributed by atoms with Crippen molar-refractivity contribution in [2.75, 3.05) is 0 Å². The van der Waals surface area contributed by atoms with Gasteiger partial charge in [0.05, 0.1) is 0 Å². The van der Waals surface area contributed by atoms with E-state index in [9.17, 15) is 0 Å². The average Bonchev–Trinajstić information content (AvgIpc) is 3.93. The lowest BCUT2D eigenvalue weighted by Crippen LogP contribution is -2.14. The summed E-state index contributed by atoms with van der Waals surface area (Å²) in [5, 5.41) is 0. The zero-order chi connectivity index (χ0) is 36.3. The van der Waals surface area contributed by atoms with Crippen LogP contribution in [0.2, 0.25) is 0 Å². The summed E-state index contributed by atoms with van der Waals surface area (Å²) in [6, 6.07) is 49.6. The Kier molecular flexibility index (Phi) is 6.29. The highest BCUT2D eigenvalue weighted by Gasteiger charge is 2.36. The van der Waals surface area contributed by atoms with Crippen LogP contribution in [-0.2, 0) is 10.8 Å². The summed E-state index contributed by atoms with van der Waals surface area (Å²) >= 11 is 0. The molecule has 3 aromatic heterocycles. The van der Waals surface area contributed by atoms with E-state index in [2.05, 4.69) is 149 Å². The van der Waals surface area contributed by atoms with Crippen molar-refractivity contribution in [3.05, 3.63) is 162 Å². The number of rotatable bonds is 4. The van der Waals surface area contributed by atoms with Crippen LogP contribution in [0.3, 0.4) is 0 Å². The fourth-order valence-corrected chi connectivity index (χ4v) is 8.89. The predicted molar refractivity (Wildman–Crippen MR) is 216 cm³/mol. The molecule has 6 aromatic carbocycles. The van der Waals surface area contributed by atoms with E-state index in [0.717, 1.165) is 33.4 Å². The van der Waals surface area contributed by atoms with E-state index in [4.69, 9.17) is 23.8 Å². The average molecular weight is 698 g/mol. The van der Waals surface area contributed by atoms with Crippen LogP contribution in [0, 0.1) is 0 Å². The van der Waals surface area contributed by atoms with Crippen molar-refractivity contribution in [3.63, 3.8) is 0 Å². The Hall–Kier alpha value is -6.59. The monoisotopic (exact) mass is 697 g/mol. The van der Waals surface area contributed by atoms with Crippen molar-refractivity contribution < 1.29 is 8.83 Å². The molecule has 0 N–H and O–H groups in total. The lowest BCUT2D eigenvalue weighted by molar-refractivity contribution is 0.609. The van der Waals surface area contributed by atoms with Gasteiger partial charge in [-0.2, -0.15) is 9.97 Å². The summed E-state index contributed by atoms with van der Waals surface area (Å²) in [4.78, 5) is 14.4. The zero-order valence-corrected chi connectivity index (χ0v) is 30.4. The molecule has 54 heavy (non-hydrogen) atoms. The fourth-order valence-electron chi connectivity index (χ4n) is 8.89. The minimum Gasteiger partial charge on any atom is -0.434 e. The van der Waals surface area contributed by atoms with Crippen molar-refractivity contribution in [2.45, 2.75) is 38.5 Å². The van der Waals surface area contributed by atoms with Gasteiger partial charge in [-0.15, -0.1) is 0 Å². The van der Waals surface area contributed by atoms with Gasteiger partial charge in [0.15, 0.2) is 11.2 Å². The summed E-state index contributed by atoms with van der Waals surface area (Å²) < 4.78 is 12.6. The smallest absolute Gasteiger partial charge is 0.228 e. The predicted octanol–water partition coefficient (Wildman–Crippen LogP) is 12.6. The second kappa shape index (κ2) is 11.0. The maximum Gasteiger partial charge on any atom is 0.228 e. The molecule has 9 aromatic rings. The molecule has 0 atom stereocenters. The molecule has 5 heteroatoms. The van der Waals surface area contributed by atoms with Gasteiger partial charge < -0.3 is 8.83 Å². The van der Waals surface area contributed by atoms with Crippen LogP contribution in [0.15, 0.2) is 148 Å². The van der Waals surface area contributed by atoms with Gasteiger partial charge in [0.1, 0.15) is 0 Å². The molecule has 0 unspecified atom stereocenters. The van der Waals surface area contributed by atoms with Gasteiger partial charge >= 0.3 is 0 Å². The Labute approximate surface area is 313 Å². The molecular formula is C49H35N3O2. The summed E-state index contributed by atoms with van der Waals surface area (Å²) in [5.41, 5.74) is 19.0. The maximum atomic E-state index is 6.31. The van der Waals surface area contributed by atoms with E-state index in [-0.39, 0.29) is 10.8 Å². The lowest BCUT2D eigenvalue weighted by Gasteiger charge is -2.22. The normalized spacial score (nSPS) is 14.6. The van der Waals surface area contributed by atoms with Gasteiger partial charge in [0.2, 0.25) is 23.1 Å². The van der Waals surface area contributed by atoms with Crippen molar-refractivity contribution in [1.29, 1.82) is 0 Å². The molecule has 11 rings (SSSR count). The van der Waals surface area contributed by atoms with E-state index >= 15 is 0 Å². The summed E-state index contributed by atoms with van der Waals surface area (Å²) in [7, 11) is 0. The highest BCUT2D eigenvalue weighted by molar-refractivity contribution is 5.88. The van der Waals surface area contributed by atoms with Gasteiger partial charge in [-0.3, -0.25) is 0 Å². The molecule has 0 spiro atoms. The van der Waals surface area contributed by atoms with Crippen LogP contribution in [-0.4, -0.2) is 15.0 Å². The number of benzene rings is 6. The van der Waals surface area contributed by atoms with Crippen LogP contribution in [0.4, 0.5) is 0 Å². The van der Waals surface area contributed by atoms with Crippen LogP contribution in [0.5, 0.6) is 0 Å². The van der Waals surface area contributed by atoms with Gasteiger partial charge in [-0.25, -0.2) is 4.98 Å². The van der Waals surface area contributed by atoms with Crippen molar-refractivity contribution >= 4 is 22.5 Å². The number of pyridine rings is 1. The van der Waals surface area contributed by atoms with E-state index in [1.54, 1.807) is 0 Å². The first-order valence-electron chi connectivity index (χ1n) is 18.5. The first-order chi connectivity index (χ1) is 26.2. The Morgan fingerprint density at radius 1 is 0.352 bits per heavy atom. The molecule has 2 aliphatic carbocycles. The van der Waals surface area contributed by atoms with Gasteiger partial charge in [0.25, 0.3) is 0 Å². The number of aromatic nitrogens is 3. The molecule has 0 amide bonds. The Morgan fingerprint density at radius 2 is 0.759 bits per heavy atom. The first-order valence-corrected chi connectivity index (χ1v) is 18.5. The third kappa shape index (κ3) is 4.48. The number of oxazole rings is 2. The Balaban J connectivity index is 0.897. The molecule has 0 saturated carbocycles. The summed E-state index contributed by atoms with van der Waals surface area (Å²) in [5.74, 6) is 1.02. The Morgan fingerprint density at radius 3 is 1.24 bits per heavy atom. The lowest BCUT2D eigenvalue weighted by atomic mass is 9.81. The first kappa shape index (κ1) is 31.0. The second-order valence-electron chi connectivity index (χ2n) is 15.7. The standard InChI is InChI=1S/C49H35N3O2/c1-48(2)38-17-7-5-15-34(38)36-21-19-30(25-40(36)48)28-11-9-13-32(23-28)46-51-44-42(53-46)27-43-45(50-44)52-47(54-43)33-14-10-12-29(24-33)31-20-22-37-35-16-6-8-18-39(35)49(3,4)41(37)26-31/h5-27H,1-4H3. The maximum absolute atomic E-state index is 6.31. The Bertz CT molecular complexity index is 2760. The SMILES string of the molecule is CC1(C)c2ccccc2-c2ccc(-c3cccc(-c4nc5nc6nc(-c7cccc(-c8ccc9c(c8)C(C)(C)c8ccccc8-9)c7)oc6cc5o4)c3)cc21. The molecule has 0 aliphatic heterocycles. The van der Waals surface area contributed by atoms with Crippen LogP contribution in [0.25, 0.3) is 89.9 Å². The second-order valence-corrected chi connectivity index (χ2v) is 15.7. The number of hydrogen-bond acceptors (Lipinski definition) is 5. The molecule has 0 saturated heterocycles. The topological polar surface area (TPSA) is 65.0 Å². The number of fused-ring (bicyclic) bond motifs is 8. The molecule has 0 radical (unpaired) electrons. The van der Waals surface area contributed by atoms with Crippen LogP contribution in [0.1, 0.15) is 49.9 Å². The van der Waals surface area contributed by atoms with E-state index < -0.39 is 0 Å². The highest BCUT2D eigenvalue weighted by Crippen LogP contribution is 2.51. The van der Waals surface area contributed by atoms with Gasteiger partial charge in [-0.1, -0.05) is 125 Å². The molecule has 0 bridgehead atoms. The fraction of sp³-hybridized carbons (Fsp3) is 0.122.